The third-order valence-electron chi connectivity index (χ3n) is 7.48. The van der Waals surface area contributed by atoms with E-state index in [2.05, 4.69) is 20.6 Å². The standard InChI is InChI=1S/C28H30F4N6O3/c1-27(28(30,31)32)9-7-20(29)22(14-27)35-26-34-21-12-18(5-6-23(21)37(26)2)41-19-8-10-33-24(13-19)36-25(40)15-38-11-3-4-17(38)16-39/h5-10,12-13,17,39H,3-4,11,14-16H2,1-2H3,(H,34,35)(H,33,36,40)/t17-,27?/m0/s1. The Morgan fingerprint density at radius 1 is 1.24 bits per heavy atom. The van der Waals surface area contributed by atoms with Crippen molar-refractivity contribution in [3.8, 4) is 11.5 Å². The lowest BCUT2D eigenvalue weighted by Crippen LogP contribution is -2.38. The summed E-state index contributed by atoms with van der Waals surface area (Å²) in [4.78, 5) is 23.1. The van der Waals surface area contributed by atoms with Crippen LogP contribution < -0.4 is 15.4 Å². The van der Waals surface area contributed by atoms with Crippen LogP contribution in [0.15, 0.2) is 60.2 Å². The molecule has 2 atom stereocenters. The molecule has 1 amide bonds. The molecule has 1 saturated heterocycles. The van der Waals surface area contributed by atoms with E-state index in [0.29, 0.717) is 28.4 Å². The lowest BCUT2D eigenvalue weighted by molar-refractivity contribution is -0.199. The third kappa shape index (κ3) is 6.05. The van der Waals surface area contributed by atoms with Crippen LogP contribution in [-0.4, -0.2) is 62.4 Å². The zero-order chi connectivity index (χ0) is 29.4. The zero-order valence-corrected chi connectivity index (χ0v) is 22.5. The highest BCUT2D eigenvalue weighted by molar-refractivity contribution is 5.91. The number of benzene rings is 1. The van der Waals surface area contributed by atoms with E-state index in [9.17, 15) is 27.5 Å². The van der Waals surface area contributed by atoms with Gasteiger partial charge in [-0.3, -0.25) is 9.69 Å². The van der Waals surface area contributed by atoms with Crippen LogP contribution in [0.25, 0.3) is 11.0 Å². The molecule has 2 aromatic heterocycles. The molecule has 13 heteroatoms. The zero-order valence-electron chi connectivity index (χ0n) is 22.5. The van der Waals surface area contributed by atoms with Gasteiger partial charge < -0.3 is 25.0 Å². The van der Waals surface area contributed by atoms with E-state index < -0.39 is 23.8 Å². The minimum absolute atomic E-state index is 0.0105. The SMILES string of the molecule is Cn1c(NC2=C(F)C=CC(C)(C(F)(F)F)C2)nc2cc(Oc3ccnc(NC(=O)CN4CCC[C@H]4CO)c3)ccc21. The summed E-state index contributed by atoms with van der Waals surface area (Å²) >= 11 is 0. The first kappa shape index (κ1) is 28.6. The molecular formula is C28H30F4N6O3. The number of hydrogen-bond donors (Lipinski definition) is 3. The molecule has 41 heavy (non-hydrogen) atoms. The number of aliphatic hydroxyl groups is 1. The minimum atomic E-state index is -4.54. The minimum Gasteiger partial charge on any atom is -0.457 e. The average molecular weight is 575 g/mol. The van der Waals surface area contributed by atoms with Gasteiger partial charge in [0, 0.05) is 37.8 Å². The monoisotopic (exact) mass is 574 g/mol. The van der Waals surface area contributed by atoms with Crippen LogP contribution in [0.1, 0.15) is 26.2 Å². The van der Waals surface area contributed by atoms with Gasteiger partial charge in [-0.15, -0.1) is 0 Å². The predicted molar refractivity (Wildman–Crippen MR) is 145 cm³/mol. The number of nitrogens with zero attached hydrogens (tertiary/aromatic N) is 4. The molecule has 2 aliphatic rings. The highest BCUT2D eigenvalue weighted by Gasteiger charge is 2.51. The largest absolute Gasteiger partial charge is 0.457 e. The Morgan fingerprint density at radius 2 is 2.02 bits per heavy atom. The number of nitrogens with one attached hydrogen (secondary N) is 2. The molecule has 3 N–H and O–H groups in total. The number of anilines is 2. The fourth-order valence-corrected chi connectivity index (χ4v) is 5.01. The number of amides is 1. The Hall–Kier alpha value is -3.97. The summed E-state index contributed by atoms with van der Waals surface area (Å²) in [7, 11) is 1.67. The van der Waals surface area contributed by atoms with Crippen molar-refractivity contribution < 1.29 is 32.2 Å². The number of allylic oxidation sites excluding steroid dienone is 4. The number of likely N-dealkylation sites (tertiary alicyclic amines) is 1. The van der Waals surface area contributed by atoms with E-state index in [1.807, 2.05) is 4.90 Å². The van der Waals surface area contributed by atoms with Gasteiger partial charge in [-0.05, 0) is 50.6 Å². The van der Waals surface area contributed by atoms with Crippen LogP contribution in [-0.2, 0) is 11.8 Å². The second kappa shape index (κ2) is 11.1. The molecule has 218 valence electrons. The first-order valence-electron chi connectivity index (χ1n) is 13.1. The van der Waals surface area contributed by atoms with Crippen LogP contribution >= 0.6 is 0 Å². The normalized spacial score (nSPS) is 21.5. The van der Waals surface area contributed by atoms with Crippen molar-refractivity contribution in [1.82, 2.24) is 19.4 Å². The molecule has 0 bridgehead atoms. The van der Waals surface area contributed by atoms with Gasteiger partial charge in [-0.25, -0.2) is 14.4 Å². The number of aliphatic hydroxyl groups excluding tert-OH is 1. The predicted octanol–water partition coefficient (Wildman–Crippen LogP) is 5.28. The molecule has 0 spiro atoms. The molecule has 3 heterocycles. The summed E-state index contributed by atoms with van der Waals surface area (Å²) in [6.07, 6.45) is -0.178. The lowest BCUT2D eigenvalue weighted by Gasteiger charge is -2.32. The molecule has 9 nitrogen and oxygen atoms in total. The fourth-order valence-electron chi connectivity index (χ4n) is 5.01. The molecule has 5 rings (SSSR count). The maximum Gasteiger partial charge on any atom is 0.397 e. The van der Waals surface area contributed by atoms with Crippen LogP contribution in [0.5, 0.6) is 11.5 Å². The van der Waals surface area contributed by atoms with Gasteiger partial charge in [-0.2, -0.15) is 13.2 Å². The van der Waals surface area contributed by atoms with Crippen LogP contribution in [0, 0.1) is 5.41 Å². The number of carbonyl (C=O) groups excluding carboxylic acids is 1. The molecule has 1 aliphatic heterocycles. The number of ether oxygens (including phenoxy) is 1. The number of imidazole rings is 1. The van der Waals surface area contributed by atoms with Gasteiger partial charge in [0.1, 0.15) is 23.1 Å². The van der Waals surface area contributed by atoms with Crippen molar-refractivity contribution in [3.63, 3.8) is 0 Å². The first-order chi connectivity index (χ1) is 19.5. The number of pyridine rings is 1. The molecule has 0 saturated carbocycles. The second-order valence-corrected chi connectivity index (χ2v) is 10.5. The number of hydrogen-bond acceptors (Lipinski definition) is 7. The van der Waals surface area contributed by atoms with Crippen molar-refractivity contribution in [3.05, 3.63) is 60.2 Å². The quantitative estimate of drug-likeness (QED) is 0.315. The van der Waals surface area contributed by atoms with E-state index in [-0.39, 0.29) is 36.7 Å². The van der Waals surface area contributed by atoms with E-state index >= 15 is 0 Å². The van der Waals surface area contributed by atoms with E-state index in [0.717, 1.165) is 38.5 Å². The number of rotatable bonds is 8. The number of aryl methyl sites for hydroxylation is 1. The third-order valence-corrected chi connectivity index (χ3v) is 7.48. The van der Waals surface area contributed by atoms with Crippen molar-refractivity contribution in [1.29, 1.82) is 0 Å². The summed E-state index contributed by atoms with van der Waals surface area (Å²) in [5, 5.41) is 15.0. The van der Waals surface area contributed by atoms with Crippen LogP contribution in [0.2, 0.25) is 0 Å². The summed E-state index contributed by atoms with van der Waals surface area (Å²) in [5.74, 6) is 0.283. The van der Waals surface area contributed by atoms with Gasteiger partial charge in [0.05, 0.1) is 35.3 Å². The Kier molecular flexibility index (Phi) is 7.75. The van der Waals surface area contributed by atoms with Gasteiger partial charge >= 0.3 is 6.18 Å². The van der Waals surface area contributed by atoms with Crippen LogP contribution in [0.3, 0.4) is 0 Å². The van der Waals surface area contributed by atoms with Crippen molar-refractivity contribution in [2.45, 2.75) is 38.4 Å². The average Bonchev–Trinajstić information content (AvgIpc) is 3.49. The Bertz CT molecular complexity index is 1520. The summed E-state index contributed by atoms with van der Waals surface area (Å²) in [6, 6.07) is 8.25. The van der Waals surface area contributed by atoms with Crippen LogP contribution in [0.4, 0.5) is 29.3 Å². The highest BCUT2D eigenvalue weighted by atomic mass is 19.4. The van der Waals surface area contributed by atoms with Gasteiger partial charge in [0.15, 0.2) is 0 Å². The Morgan fingerprint density at radius 3 is 2.78 bits per heavy atom. The molecule has 1 aliphatic carbocycles. The van der Waals surface area contributed by atoms with Crippen molar-refractivity contribution >= 4 is 28.7 Å². The Labute approximate surface area is 233 Å². The maximum absolute atomic E-state index is 14.5. The molecule has 1 unspecified atom stereocenters. The van der Waals surface area contributed by atoms with Gasteiger partial charge in [0.2, 0.25) is 11.9 Å². The Balaban J connectivity index is 1.28. The molecule has 3 aromatic rings. The number of aromatic nitrogens is 3. The number of fused-ring (bicyclic) bond motifs is 1. The first-order valence-corrected chi connectivity index (χ1v) is 13.1. The highest BCUT2D eigenvalue weighted by Crippen LogP contribution is 2.47. The summed E-state index contributed by atoms with van der Waals surface area (Å²) in [6.45, 7) is 1.93. The molecule has 1 fully saturated rings. The van der Waals surface area contributed by atoms with Crippen molar-refractivity contribution in [2.24, 2.45) is 12.5 Å². The van der Waals surface area contributed by atoms with E-state index in [1.54, 1.807) is 41.9 Å². The van der Waals surface area contributed by atoms with E-state index in [1.165, 1.54) is 6.20 Å². The summed E-state index contributed by atoms with van der Waals surface area (Å²) < 4.78 is 62.6. The molecular weight excluding hydrogens is 544 g/mol. The van der Waals surface area contributed by atoms with Gasteiger partial charge in [-0.1, -0.05) is 6.08 Å². The van der Waals surface area contributed by atoms with Gasteiger partial charge in [0.25, 0.3) is 0 Å². The second-order valence-electron chi connectivity index (χ2n) is 10.5. The smallest absolute Gasteiger partial charge is 0.397 e. The topological polar surface area (TPSA) is 105 Å². The lowest BCUT2D eigenvalue weighted by atomic mass is 9.81. The van der Waals surface area contributed by atoms with Crippen molar-refractivity contribution in [2.75, 3.05) is 30.3 Å². The number of carbonyl (C=O) groups is 1. The van der Waals surface area contributed by atoms with E-state index in [4.69, 9.17) is 4.74 Å². The molecule has 0 radical (unpaired) electrons. The molecule has 1 aromatic carbocycles. The fraction of sp³-hybridized carbons (Fsp3) is 0.393. The maximum atomic E-state index is 14.5. The number of halogens is 4. The summed E-state index contributed by atoms with van der Waals surface area (Å²) in [5.41, 5.74) is -1.28. The number of alkyl halides is 3.